The number of amides is 1. The number of aromatic hydroxyl groups is 1. The number of hydrogen-bond donors (Lipinski definition) is 2. The fraction of sp³-hybridized carbons (Fsp3) is 0.364. The second-order valence-electron chi connectivity index (χ2n) is 3.89. The van der Waals surface area contributed by atoms with Crippen LogP contribution in [0.25, 0.3) is 0 Å². The first-order chi connectivity index (χ1) is 7.59. The molecule has 0 bridgehead atoms. The molecule has 0 aromatic heterocycles. The second kappa shape index (κ2) is 4.43. The lowest BCUT2D eigenvalue weighted by atomic mass is 10.1. The van der Waals surface area contributed by atoms with E-state index in [4.69, 9.17) is 0 Å². The summed E-state index contributed by atoms with van der Waals surface area (Å²) < 4.78 is 0.786. The molecule has 1 aliphatic heterocycles. The number of likely N-dealkylation sites (N-methyl/N-ethyl adjacent to an activating group) is 1. The summed E-state index contributed by atoms with van der Waals surface area (Å²) in [4.78, 5) is 13.7. The molecule has 0 unspecified atom stereocenters. The standard InChI is InChI=1S/C11H13BrN2O2/c1-14(8-5-13-6-8)11(16)9-4-7(12)2-3-10(9)15/h2-4,8,13,15H,5-6H2,1H3. The molecule has 0 spiro atoms. The molecule has 2 N–H and O–H groups in total. The van der Waals surface area contributed by atoms with Gasteiger partial charge in [-0.15, -0.1) is 0 Å². The van der Waals surface area contributed by atoms with Crippen molar-refractivity contribution in [1.82, 2.24) is 10.2 Å². The highest BCUT2D eigenvalue weighted by atomic mass is 79.9. The molecule has 1 aromatic rings. The van der Waals surface area contributed by atoms with E-state index < -0.39 is 0 Å². The smallest absolute Gasteiger partial charge is 0.257 e. The number of hydrogen-bond acceptors (Lipinski definition) is 3. The minimum atomic E-state index is -0.148. The zero-order valence-electron chi connectivity index (χ0n) is 8.90. The van der Waals surface area contributed by atoms with E-state index in [2.05, 4.69) is 21.2 Å². The summed E-state index contributed by atoms with van der Waals surface area (Å²) in [5, 5.41) is 12.8. The number of nitrogens with one attached hydrogen (secondary N) is 1. The Hall–Kier alpha value is -1.07. The number of phenolic OH excluding ortho intramolecular Hbond substituents is 1. The molecule has 1 heterocycles. The van der Waals surface area contributed by atoms with Gasteiger partial charge in [0.2, 0.25) is 0 Å². The highest BCUT2D eigenvalue weighted by molar-refractivity contribution is 9.10. The second-order valence-corrected chi connectivity index (χ2v) is 4.81. The number of carbonyl (C=O) groups excluding carboxylic acids is 1. The van der Waals surface area contributed by atoms with Gasteiger partial charge in [0.15, 0.2) is 0 Å². The van der Waals surface area contributed by atoms with Crippen LogP contribution in [0.4, 0.5) is 0 Å². The number of benzene rings is 1. The average Bonchev–Trinajstić information content (AvgIpc) is 2.18. The van der Waals surface area contributed by atoms with Gasteiger partial charge < -0.3 is 15.3 Å². The number of phenols is 1. The first kappa shape index (κ1) is 11.4. The van der Waals surface area contributed by atoms with Crippen molar-refractivity contribution in [3.63, 3.8) is 0 Å². The van der Waals surface area contributed by atoms with E-state index in [1.165, 1.54) is 6.07 Å². The van der Waals surface area contributed by atoms with Crippen LogP contribution in [0.5, 0.6) is 5.75 Å². The third-order valence-corrected chi connectivity index (χ3v) is 3.31. The Morgan fingerprint density at radius 2 is 2.25 bits per heavy atom. The van der Waals surface area contributed by atoms with Gasteiger partial charge in [0.1, 0.15) is 5.75 Å². The molecule has 2 rings (SSSR count). The summed E-state index contributed by atoms with van der Waals surface area (Å²) in [7, 11) is 1.76. The molecule has 5 heteroatoms. The summed E-state index contributed by atoms with van der Waals surface area (Å²) in [5.74, 6) is -0.127. The third kappa shape index (κ3) is 2.05. The van der Waals surface area contributed by atoms with Gasteiger partial charge in [-0.25, -0.2) is 0 Å². The largest absolute Gasteiger partial charge is 0.507 e. The molecule has 1 aromatic carbocycles. The maximum absolute atomic E-state index is 12.1. The monoisotopic (exact) mass is 284 g/mol. The third-order valence-electron chi connectivity index (χ3n) is 2.82. The van der Waals surface area contributed by atoms with E-state index in [9.17, 15) is 9.90 Å². The topological polar surface area (TPSA) is 52.6 Å². The van der Waals surface area contributed by atoms with Crippen molar-refractivity contribution in [2.45, 2.75) is 6.04 Å². The van der Waals surface area contributed by atoms with Crippen molar-refractivity contribution < 1.29 is 9.90 Å². The molecule has 0 radical (unpaired) electrons. The zero-order valence-corrected chi connectivity index (χ0v) is 10.5. The molecular weight excluding hydrogens is 272 g/mol. The molecular formula is C11H13BrN2O2. The van der Waals surface area contributed by atoms with Crippen LogP contribution in [-0.2, 0) is 0 Å². The lowest BCUT2D eigenvalue weighted by molar-refractivity contribution is 0.0678. The van der Waals surface area contributed by atoms with Gasteiger partial charge in [0.25, 0.3) is 5.91 Å². The van der Waals surface area contributed by atoms with Crippen LogP contribution < -0.4 is 5.32 Å². The molecule has 0 atom stereocenters. The Morgan fingerprint density at radius 3 is 2.81 bits per heavy atom. The Kier molecular flexibility index (Phi) is 3.16. The Bertz CT molecular complexity index is 418. The summed E-state index contributed by atoms with van der Waals surface area (Å²) in [6.07, 6.45) is 0. The number of nitrogens with zero attached hydrogens (tertiary/aromatic N) is 1. The van der Waals surface area contributed by atoms with E-state index in [1.54, 1.807) is 24.1 Å². The van der Waals surface area contributed by atoms with Crippen molar-refractivity contribution in [2.75, 3.05) is 20.1 Å². The first-order valence-electron chi connectivity index (χ1n) is 5.06. The summed E-state index contributed by atoms with van der Waals surface area (Å²) in [5.41, 5.74) is 0.337. The normalized spacial score (nSPS) is 15.6. The predicted molar refractivity (Wildman–Crippen MR) is 64.6 cm³/mol. The molecule has 16 heavy (non-hydrogen) atoms. The summed E-state index contributed by atoms with van der Waals surface area (Å²) >= 11 is 3.29. The van der Waals surface area contributed by atoms with Crippen LogP contribution in [-0.4, -0.2) is 42.1 Å². The number of carbonyl (C=O) groups is 1. The highest BCUT2D eigenvalue weighted by Crippen LogP contribution is 2.23. The van der Waals surface area contributed by atoms with Crippen molar-refractivity contribution in [3.8, 4) is 5.75 Å². The first-order valence-corrected chi connectivity index (χ1v) is 5.85. The van der Waals surface area contributed by atoms with Gasteiger partial charge in [-0.3, -0.25) is 4.79 Å². The Balaban J connectivity index is 2.22. The van der Waals surface area contributed by atoms with Gasteiger partial charge in [-0.05, 0) is 18.2 Å². The molecule has 1 amide bonds. The van der Waals surface area contributed by atoms with E-state index >= 15 is 0 Å². The van der Waals surface area contributed by atoms with Crippen LogP contribution in [0.3, 0.4) is 0 Å². The molecule has 1 saturated heterocycles. The summed E-state index contributed by atoms with van der Waals surface area (Å²) in [6.45, 7) is 1.63. The van der Waals surface area contributed by atoms with Gasteiger partial charge in [-0.1, -0.05) is 15.9 Å². The molecule has 1 aliphatic rings. The van der Waals surface area contributed by atoms with Crippen LogP contribution >= 0.6 is 15.9 Å². The van der Waals surface area contributed by atoms with E-state index in [-0.39, 0.29) is 17.7 Å². The van der Waals surface area contributed by atoms with Crippen LogP contribution in [0.2, 0.25) is 0 Å². The zero-order chi connectivity index (χ0) is 11.7. The molecule has 4 nitrogen and oxygen atoms in total. The Morgan fingerprint density at radius 1 is 1.56 bits per heavy atom. The quantitative estimate of drug-likeness (QED) is 0.858. The number of halogens is 1. The lowest BCUT2D eigenvalue weighted by Gasteiger charge is -2.35. The van der Waals surface area contributed by atoms with E-state index in [0.29, 0.717) is 5.56 Å². The molecule has 0 saturated carbocycles. The molecule has 86 valence electrons. The van der Waals surface area contributed by atoms with Crippen molar-refractivity contribution >= 4 is 21.8 Å². The van der Waals surface area contributed by atoms with Crippen molar-refractivity contribution in [3.05, 3.63) is 28.2 Å². The SMILES string of the molecule is CN(C(=O)c1cc(Br)ccc1O)C1CNC1. The van der Waals surface area contributed by atoms with Gasteiger partial charge >= 0.3 is 0 Å². The van der Waals surface area contributed by atoms with Gasteiger partial charge in [0, 0.05) is 24.6 Å². The maximum atomic E-state index is 12.1. The Labute approximate surface area is 102 Å². The lowest BCUT2D eigenvalue weighted by Crippen LogP contribution is -2.57. The van der Waals surface area contributed by atoms with Crippen molar-refractivity contribution in [1.29, 1.82) is 0 Å². The molecule has 0 aliphatic carbocycles. The van der Waals surface area contributed by atoms with Gasteiger partial charge in [0.05, 0.1) is 11.6 Å². The van der Waals surface area contributed by atoms with Crippen LogP contribution in [0.1, 0.15) is 10.4 Å². The maximum Gasteiger partial charge on any atom is 0.257 e. The van der Waals surface area contributed by atoms with E-state index in [1.807, 2.05) is 0 Å². The summed E-state index contributed by atoms with van der Waals surface area (Å²) in [6, 6.07) is 5.09. The predicted octanol–water partition coefficient (Wildman–Crippen LogP) is 1.20. The number of rotatable bonds is 2. The average molecular weight is 285 g/mol. The van der Waals surface area contributed by atoms with Crippen LogP contribution in [0, 0.1) is 0 Å². The van der Waals surface area contributed by atoms with E-state index in [0.717, 1.165) is 17.6 Å². The highest BCUT2D eigenvalue weighted by Gasteiger charge is 2.27. The minimum Gasteiger partial charge on any atom is -0.507 e. The fourth-order valence-electron chi connectivity index (χ4n) is 1.58. The molecule has 1 fully saturated rings. The van der Waals surface area contributed by atoms with Crippen molar-refractivity contribution in [2.24, 2.45) is 0 Å². The van der Waals surface area contributed by atoms with Gasteiger partial charge in [-0.2, -0.15) is 0 Å². The fourth-order valence-corrected chi connectivity index (χ4v) is 1.94. The van der Waals surface area contributed by atoms with Crippen LogP contribution in [0.15, 0.2) is 22.7 Å². The minimum absolute atomic E-state index is 0.0207.